The summed E-state index contributed by atoms with van der Waals surface area (Å²) in [6.07, 6.45) is 1.52. The summed E-state index contributed by atoms with van der Waals surface area (Å²) in [6, 6.07) is 0. The van der Waals surface area contributed by atoms with Crippen LogP contribution in [-0.4, -0.2) is 31.0 Å². The van der Waals surface area contributed by atoms with E-state index in [2.05, 4.69) is 25.5 Å². The van der Waals surface area contributed by atoms with Gasteiger partial charge >= 0.3 is 5.69 Å². The number of rotatable bonds is 5. The zero-order valence-corrected chi connectivity index (χ0v) is 11.9. The number of aryl methyl sites for hydroxylation is 1. The molecule has 0 unspecified atom stereocenters. The van der Waals surface area contributed by atoms with Crippen molar-refractivity contribution in [3.05, 3.63) is 39.2 Å². The number of carbonyl (C=O) groups excluding carboxylic acids is 1. The van der Waals surface area contributed by atoms with Crippen molar-refractivity contribution in [2.45, 2.75) is 33.2 Å². The minimum absolute atomic E-state index is 0.131. The molecule has 0 saturated carbocycles. The van der Waals surface area contributed by atoms with Gasteiger partial charge in [0.15, 0.2) is 0 Å². The topological polar surface area (TPSA) is 130 Å². The standard InChI is InChI=1S/C12H16N6O3/c1-6(2)9-11(18(20)21)10(17-16-9)12(19)13-4-8-7(3)14-5-15-8/h5-6H,4H2,1-3H3,(H,13,19)(H,14,15)(H,16,17). The van der Waals surface area contributed by atoms with Gasteiger partial charge in [-0.1, -0.05) is 13.8 Å². The fourth-order valence-corrected chi connectivity index (χ4v) is 1.91. The number of nitro groups is 1. The lowest BCUT2D eigenvalue weighted by Gasteiger charge is -2.02. The second-order valence-corrected chi connectivity index (χ2v) is 4.90. The number of amides is 1. The van der Waals surface area contributed by atoms with Gasteiger partial charge in [0, 0.05) is 11.6 Å². The van der Waals surface area contributed by atoms with E-state index < -0.39 is 10.8 Å². The maximum absolute atomic E-state index is 12.1. The predicted molar refractivity (Wildman–Crippen MR) is 73.8 cm³/mol. The van der Waals surface area contributed by atoms with E-state index in [-0.39, 0.29) is 23.8 Å². The Balaban J connectivity index is 2.20. The molecule has 2 aromatic heterocycles. The molecule has 2 rings (SSSR count). The van der Waals surface area contributed by atoms with Gasteiger partial charge in [-0.15, -0.1) is 0 Å². The normalized spacial score (nSPS) is 10.9. The summed E-state index contributed by atoms with van der Waals surface area (Å²) in [4.78, 5) is 29.6. The average molecular weight is 292 g/mol. The van der Waals surface area contributed by atoms with E-state index in [9.17, 15) is 14.9 Å². The largest absolute Gasteiger partial charge is 0.348 e. The predicted octanol–water partition coefficient (Wildman–Crippen LogP) is 1.40. The number of H-pyrrole nitrogens is 2. The molecule has 112 valence electrons. The third-order valence-electron chi connectivity index (χ3n) is 3.09. The van der Waals surface area contributed by atoms with E-state index in [1.807, 2.05) is 6.92 Å². The molecule has 1 amide bonds. The fraction of sp³-hybridized carbons (Fsp3) is 0.417. The molecule has 9 nitrogen and oxygen atoms in total. The van der Waals surface area contributed by atoms with Crippen molar-refractivity contribution < 1.29 is 9.72 Å². The molecule has 3 N–H and O–H groups in total. The van der Waals surface area contributed by atoms with E-state index in [0.717, 1.165) is 5.69 Å². The summed E-state index contributed by atoms with van der Waals surface area (Å²) in [5.41, 5.74) is 1.35. The third kappa shape index (κ3) is 2.91. The van der Waals surface area contributed by atoms with Crippen molar-refractivity contribution in [3.63, 3.8) is 0 Å². The lowest BCUT2D eigenvalue weighted by Crippen LogP contribution is -2.24. The Labute approximate surface area is 120 Å². The van der Waals surface area contributed by atoms with E-state index in [0.29, 0.717) is 11.4 Å². The molecule has 2 heterocycles. The van der Waals surface area contributed by atoms with Crippen molar-refractivity contribution in [1.82, 2.24) is 25.5 Å². The van der Waals surface area contributed by atoms with Crippen LogP contribution in [0.3, 0.4) is 0 Å². The van der Waals surface area contributed by atoms with Gasteiger partial charge in [-0.3, -0.25) is 20.0 Å². The Morgan fingerprint density at radius 3 is 2.76 bits per heavy atom. The van der Waals surface area contributed by atoms with Crippen LogP contribution in [-0.2, 0) is 6.54 Å². The number of carbonyl (C=O) groups is 1. The molecule has 0 saturated heterocycles. The number of aromatic amines is 2. The van der Waals surface area contributed by atoms with E-state index in [4.69, 9.17) is 0 Å². The summed E-state index contributed by atoms with van der Waals surface area (Å²) in [5, 5.41) is 20.1. The fourth-order valence-electron chi connectivity index (χ4n) is 1.91. The quantitative estimate of drug-likeness (QED) is 0.566. The molecule has 0 radical (unpaired) electrons. The summed E-state index contributed by atoms with van der Waals surface area (Å²) in [5.74, 6) is -0.736. The highest BCUT2D eigenvalue weighted by atomic mass is 16.6. The van der Waals surface area contributed by atoms with E-state index in [1.165, 1.54) is 6.33 Å². The molecular weight excluding hydrogens is 276 g/mol. The van der Waals surface area contributed by atoms with Gasteiger partial charge < -0.3 is 10.3 Å². The monoisotopic (exact) mass is 292 g/mol. The maximum Gasteiger partial charge on any atom is 0.323 e. The van der Waals surface area contributed by atoms with Gasteiger partial charge in [0.2, 0.25) is 5.69 Å². The first-order valence-electron chi connectivity index (χ1n) is 6.41. The van der Waals surface area contributed by atoms with Gasteiger partial charge in [0.25, 0.3) is 5.91 Å². The second-order valence-electron chi connectivity index (χ2n) is 4.90. The smallest absolute Gasteiger partial charge is 0.323 e. The van der Waals surface area contributed by atoms with Gasteiger partial charge in [0.1, 0.15) is 5.69 Å². The molecule has 0 aliphatic heterocycles. The Morgan fingerprint density at radius 1 is 1.52 bits per heavy atom. The Morgan fingerprint density at radius 2 is 2.24 bits per heavy atom. The van der Waals surface area contributed by atoms with Crippen molar-refractivity contribution in [3.8, 4) is 0 Å². The van der Waals surface area contributed by atoms with E-state index >= 15 is 0 Å². The van der Waals surface area contributed by atoms with Crippen LogP contribution in [0.2, 0.25) is 0 Å². The number of nitrogens with one attached hydrogen (secondary N) is 3. The molecule has 9 heteroatoms. The molecule has 2 aromatic rings. The Kier molecular flexibility index (Phi) is 4.01. The van der Waals surface area contributed by atoms with Crippen LogP contribution >= 0.6 is 0 Å². The SMILES string of the molecule is Cc1[nH]cnc1CNC(=O)c1n[nH]c(C(C)C)c1[N+](=O)[O-]. The summed E-state index contributed by atoms with van der Waals surface area (Å²) >= 11 is 0. The van der Waals surface area contributed by atoms with E-state index in [1.54, 1.807) is 13.8 Å². The molecule has 0 spiro atoms. The van der Waals surface area contributed by atoms with Crippen molar-refractivity contribution in [2.24, 2.45) is 0 Å². The average Bonchev–Trinajstić information content (AvgIpc) is 3.02. The third-order valence-corrected chi connectivity index (χ3v) is 3.09. The van der Waals surface area contributed by atoms with Crippen LogP contribution in [0.4, 0.5) is 5.69 Å². The van der Waals surface area contributed by atoms with Crippen molar-refractivity contribution in [2.75, 3.05) is 0 Å². The molecule has 0 atom stereocenters. The Hall–Kier alpha value is -2.71. The van der Waals surface area contributed by atoms with Crippen LogP contribution in [0.5, 0.6) is 0 Å². The van der Waals surface area contributed by atoms with Gasteiger partial charge in [-0.25, -0.2) is 4.98 Å². The van der Waals surface area contributed by atoms with Crippen LogP contribution in [0.25, 0.3) is 0 Å². The molecule has 21 heavy (non-hydrogen) atoms. The number of aromatic nitrogens is 4. The maximum atomic E-state index is 12.1. The Bertz CT molecular complexity index is 672. The lowest BCUT2D eigenvalue weighted by atomic mass is 10.1. The first-order valence-corrected chi connectivity index (χ1v) is 6.41. The summed E-state index contributed by atoms with van der Waals surface area (Å²) in [7, 11) is 0. The van der Waals surface area contributed by atoms with Gasteiger partial charge in [-0.2, -0.15) is 5.10 Å². The molecule has 0 bridgehead atoms. The zero-order chi connectivity index (χ0) is 15.6. The number of hydrogen-bond donors (Lipinski definition) is 3. The molecule has 0 fully saturated rings. The van der Waals surface area contributed by atoms with Crippen molar-refractivity contribution in [1.29, 1.82) is 0 Å². The lowest BCUT2D eigenvalue weighted by molar-refractivity contribution is -0.385. The highest BCUT2D eigenvalue weighted by Crippen LogP contribution is 2.27. The second kappa shape index (κ2) is 5.73. The van der Waals surface area contributed by atoms with Crippen LogP contribution in [0.1, 0.15) is 47.3 Å². The van der Waals surface area contributed by atoms with Crippen molar-refractivity contribution >= 4 is 11.6 Å². The number of nitrogens with zero attached hydrogens (tertiary/aromatic N) is 3. The molecule has 0 aromatic carbocycles. The summed E-state index contributed by atoms with van der Waals surface area (Å²) in [6.45, 7) is 5.57. The highest BCUT2D eigenvalue weighted by molar-refractivity contribution is 5.96. The minimum Gasteiger partial charge on any atom is -0.348 e. The summed E-state index contributed by atoms with van der Waals surface area (Å²) < 4.78 is 0. The molecule has 0 aliphatic rings. The molecular formula is C12H16N6O3. The molecule has 0 aliphatic carbocycles. The highest BCUT2D eigenvalue weighted by Gasteiger charge is 2.30. The number of imidazole rings is 1. The number of hydrogen-bond acceptors (Lipinski definition) is 5. The van der Waals surface area contributed by atoms with Gasteiger partial charge in [0.05, 0.1) is 23.5 Å². The first kappa shape index (κ1) is 14.7. The first-order chi connectivity index (χ1) is 9.91. The van der Waals surface area contributed by atoms with Crippen LogP contribution in [0.15, 0.2) is 6.33 Å². The van der Waals surface area contributed by atoms with Crippen LogP contribution < -0.4 is 5.32 Å². The zero-order valence-electron chi connectivity index (χ0n) is 11.9. The minimum atomic E-state index is -0.604. The van der Waals surface area contributed by atoms with Crippen LogP contribution in [0, 0.1) is 17.0 Å². The van der Waals surface area contributed by atoms with Gasteiger partial charge in [-0.05, 0) is 6.92 Å².